The number of thiazole rings is 1. The Balaban J connectivity index is 1.81. The van der Waals surface area contributed by atoms with E-state index in [0.29, 0.717) is 28.6 Å². The van der Waals surface area contributed by atoms with Crippen LogP contribution in [0.25, 0.3) is 11.0 Å². The lowest BCUT2D eigenvalue weighted by atomic mass is 10.1. The summed E-state index contributed by atoms with van der Waals surface area (Å²) in [5.74, 6) is 0.420. The molecule has 0 atom stereocenters. The average molecular weight is 470 g/mol. The van der Waals surface area contributed by atoms with Gasteiger partial charge in [-0.2, -0.15) is 0 Å². The molecule has 2 heterocycles. The normalized spacial score (nSPS) is 11.6. The monoisotopic (exact) mass is 469 g/mol. The molecule has 0 saturated carbocycles. The van der Waals surface area contributed by atoms with Crippen LogP contribution in [0.2, 0.25) is 0 Å². The van der Waals surface area contributed by atoms with E-state index in [1.54, 1.807) is 17.6 Å². The van der Waals surface area contributed by atoms with Crippen LogP contribution in [-0.2, 0) is 0 Å². The second kappa shape index (κ2) is 8.59. The summed E-state index contributed by atoms with van der Waals surface area (Å²) in [4.78, 5) is 21.6. The van der Waals surface area contributed by atoms with Crippen molar-refractivity contribution in [2.24, 2.45) is 4.99 Å². The zero-order chi connectivity index (χ0) is 20.2. The lowest BCUT2D eigenvalue weighted by Crippen LogP contribution is -2.21. The number of nitrogens with one attached hydrogen (secondary N) is 1. The smallest absolute Gasteiger partial charge is 0.262 e. The summed E-state index contributed by atoms with van der Waals surface area (Å²) in [6.07, 6.45) is 1.63. The number of anilines is 1. The Morgan fingerprint density at radius 3 is 2.79 bits per heavy atom. The predicted octanol–water partition coefficient (Wildman–Crippen LogP) is 5.54. The molecule has 0 fully saturated rings. The first-order valence-corrected chi connectivity index (χ1v) is 10.5. The fourth-order valence-electron chi connectivity index (χ4n) is 2.70. The van der Waals surface area contributed by atoms with Crippen LogP contribution in [0.4, 0.5) is 10.8 Å². The Morgan fingerprint density at radius 2 is 2.07 bits per heavy atom. The van der Waals surface area contributed by atoms with Gasteiger partial charge in [-0.05, 0) is 55.5 Å². The molecule has 0 aliphatic carbocycles. The number of hydrogen-bond acceptors (Lipinski definition) is 6. The van der Waals surface area contributed by atoms with E-state index in [1.807, 2.05) is 49.4 Å². The lowest BCUT2D eigenvalue weighted by Gasteiger charge is -2.06. The van der Waals surface area contributed by atoms with Crippen molar-refractivity contribution in [3.05, 3.63) is 75.7 Å². The molecule has 29 heavy (non-hydrogen) atoms. The molecule has 0 spiro atoms. The highest BCUT2D eigenvalue weighted by Crippen LogP contribution is 2.22. The first-order chi connectivity index (χ1) is 14.1. The fraction of sp³-hybridized carbons (Fsp3) is 0.0952. The number of aromatic nitrogens is 1. The van der Waals surface area contributed by atoms with Gasteiger partial charge in [0.1, 0.15) is 16.9 Å². The molecule has 0 bridgehead atoms. The molecule has 0 radical (unpaired) electrons. The molecule has 0 unspecified atom stereocenters. The van der Waals surface area contributed by atoms with Crippen LogP contribution >= 0.6 is 27.3 Å². The van der Waals surface area contributed by atoms with Gasteiger partial charge in [-0.1, -0.05) is 15.9 Å². The van der Waals surface area contributed by atoms with E-state index < -0.39 is 0 Å². The van der Waals surface area contributed by atoms with Crippen LogP contribution in [0.1, 0.15) is 17.3 Å². The molecule has 4 aromatic rings. The zero-order valence-corrected chi connectivity index (χ0v) is 17.8. The third-order valence-corrected chi connectivity index (χ3v) is 5.17. The molecule has 1 N–H and O–H groups in total. The molecule has 2 aromatic heterocycles. The van der Waals surface area contributed by atoms with Gasteiger partial charge in [-0.15, -0.1) is 11.3 Å². The van der Waals surface area contributed by atoms with Gasteiger partial charge in [0.25, 0.3) is 5.91 Å². The third kappa shape index (κ3) is 4.55. The van der Waals surface area contributed by atoms with Crippen molar-refractivity contribution in [2.75, 3.05) is 11.9 Å². The number of benzene rings is 2. The predicted molar refractivity (Wildman–Crippen MR) is 117 cm³/mol. The largest absolute Gasteiger partial charge is 0.494 e. The maximum Gasteiger partial charge on any atom is 0.262 e. The Kier molecular flexibility index (Phi) is 5.73. The number of carbonyl (C=O) groups is 1. The summed E-state index contributed by atoms with van der Waals surface area (Å²) in [6.45, 7) is 2.52. The topological polar surface area (TPSA) is 76.7 Å². The van der Waals surface area contributed by atoms with Crippen LogP contribution in [0, 0.1) is 0 Å². The van der Waals surface area contributed by atoms with Gasteiger partial charge >= 0.3 is 0 Å². The van der Waals surface area contributed by atoms with Crippen molar-refractivity contribution >= 4 is 55.0 Å². The highest BCUT2D eigenvalue weighted by atomic mass is 79.9. The van der Waals surface area contributed by atoms with Gasteiger partial charge in [0.15, 0.2) is 5.13 Å². The van der Waals surface area contributed by atoms with Crippen molar-refractivity contribution in [3.63, 3.8) is 0 Å². The molecule has 4 rings (SSSR count). The summed E-state index contributed by atoms with van der Waals surface area (Å²) >= 11 is 4.79. The molecular weight excluding hydrogens is 454 g/mol. The summed E-state index contributed by atoms with van der Waals surface area (Å²) in [6, 6.07) is 14.6. The standard InChI is InChI=1S/C21H16BrN3O3S/c1-2-27-16-6-4-15(5-7-16)24-20-17(19(26)25-21-23-9-10-29-21)12-13-11-14(22)3-8-18(13)28-20/h3-12H,2H2,1H3,(H,23,25,26). The van der Waals surface area contributed by atoms with Crippen molar-refractivity contribution in [3.8, 4) is 5.75 Å². The van der Waals surface area contributed by atoms with Crippen LogP contribution < -0.4 is 15.6 Å². The molecule has 146 valence electrons. The summed E-state index contributed by atoms with van der Waals surface area (Å²) < 4.78 is 12.3. The van der Waals surface area contributed by atoms with Gasteiger partial charge in [0.2, 0.25) is 5.55 Å². The van der Waals surface area contributed by atoms with E-state index in [2.05, 4.69) is 31.2 Å². The lowest BCUT2D eigenvalue weighted by molar-refractivity contribution is 0.102. The highest BCUT2D eigenvalue weighted by Gasteiger charge is 2.14. The van der Waals surface area contributed by atoms with Gasteiger partial charge in [-0.25, -0.2) is 9.98 Å². The Labute approximate surface area is 179 Å². The van der Waals surface area contributed by atoms with Gasteiger partial charge in [0, 0.05) is 21.4 Å². The van der Waals surface area contributed by atoms with Crippen LogP contribution in [0.5, 0.6) is 5.75 Å². The number of ether oxygens (including phenoxy) is 1. The number of carbonyl (C=O) groups excluding carboxylic acids is 1. The second-order valence-electron chi connectivity index (χ2n) is 5.98. The zero-order valence-electron chi connectivity index (χ0n) is 15.4. The number of hydrogen-bond donors (Lipinski definition) is 1. The maximum absolute atomic E-state index is 12.9. The molecule has 8 heteroatoms. The number of fused-ring (bicyclic) bond motifs is 1. The number of amides is 1. The molecule has 0 aliphatic heterocycles. The van der Waals surface area contributed by atoms with Gasteiger partial charge < -0.3 is 9.15 Å². The Morgan fingerprint density at radius 1 is 1.24 bits per heavy atom. The average Bonchev–Trinajstić information content (AvgIpc) is 3.22. The van der Waals surface area contributed by atoms with Crippen molar-refractivity contribution in [2.45, 2.75) is 6.92 Å². The van der Waals surface area contributed by atoms with E-state index in [4.69, 9.17) is 9.15 Å². The summed E-state index contributed by atoms with van der Waals surface area (Å²) in [5.41, 5.74) is 1.82. The van der Waals surface area contributed by atoms with E-state index in [1.165, 1.54) is 11.3 Å². The molecule has 1 amide bonds. The quantitative estimate of drug-likeness (QED) is 0.416. The first-order valence-electron chi connectivity index (χ1n) is 8.84. The first kappa shape index (κ1) is 19.4. The van der Waals surface area contributed by atoms with Crippen LogP contribution in [0.15, 0.2) is 74.0 Å². The fourth-order valence-corrected chi connectivity index (χ4v) is 3.60. The van der Waals surface area contributed by atoms with Gasteiger partial charge in [0.05, 0.1) is 12.3 Å². The van der Waals surface area contributed by atoms with Crippen molar-refractivity contribution in [1.82, 2.24) is 4.98 Å². The molecule has 2 aromatic carbocycles. The van der Waals surface area contributed by atoms with Gasteiger partial charge in [-0.3, -0.25) is 10.1 Å². The third-order valence-electron chi connectivity index (χ3n) is 3.98. The van der Waals surface area contributed by atoms with Crippen molar-refractivity contribution < 1.29 is 13.9 Å². The minimum atomic E-state index is -0.338. The molecule has 0 saturated heterocycles. The Hall–Kier alpha value is -2.97. The van der Waals surface area contributed by atoms with E-state index in [-0.39, 0.29) is 11.5 Å². The molecule has 6 nitrogen and oxygen atoms in total. The number of rotatable bonds is 5. The van der Waals surface area contributed by atoms with E-state index in [0.717, 1.165) is 15.6 Å². The minimum absolute atomic E-state index is 0.220. The second-order valence-corrected chi connectivity index (χ2v) is 7.79. The Bertz CT molecular complexity index is 1220. The van der Waals surface area contributed by atoms with Crippen LogP contribution in [0.3, 0.4) is 0 Å². The van der Waals surface area contributed by atoms with E-state index >= 15 is 0 Å². The minimum Gasteiger partial charge on any atom is -0.494 e. The number of halogens is 1. The molecular formula is C21H16BrN3O3S. The van der Waals surface area contributed by atoms with Crippen LogP contribution in [-0.4, -0.2) is 17.5 Å². The maximum atomic E-state index is 12.9. The SMILES string of the molecule is CCOc1ccc(N=c2oc3ccc(Br)cc3cc2C(=O)Nc2nccs2)cc1. The number of nitrogens with zero attached hydrogens (tertiary/aromatic N) is 2. The highest BCUT2D eigenvalue weighted by molar-refractivity contribution is 9.10. The van der Waals surface area contributed by atoms with E-state index in [9.17, 15) is 4.79 Å². The van der Waals surface area contributed by atoms with Crippen molar-refractivity contribution in [1.29, 1.82) is 0 Å². The summed E-state index contributed by atoms with van der Waals surface area (Å²) in [7, 11) is 0. The summed E-state index contributed by atoms with van der Waals surface area (Å²) in [5, 5.41) is 5.88. The molecule has 0 aliphatic rings.